The summed E-state index contributed by atoms with van der Waals surface area (Å²) in [6.07, 6.45) is 1.55. The van der Waals surface area contributed by atoms with Crippen LogP contribution in [0.1, 0.15) is 5.69 Å². The maximum absolute atomic E-state index is 5.35. The summed E-state index contributed by atoms with van der Waals surface area (Å²) >= 11 is 2.11. The normalized spacial score (nSPS) is 9.56. The van der Waals surface area contributed by atoms with Crippen LogP contribution in [-0.2, 0) is 0 Å². The van der Waals surface area contributed by atoms with Gasteiger partial charge >= 0.3 is 0 Å². The molecular formula is C5H6IN3. The number of anilines is 1. The summed E-state index contributed by atoms with van der Waals surface area (Å²) in [6.45, 7) is 1.88. The van der Waals surface area contributed by atoms with Gasteiger partial charge in [-0.25, -0.2) is 9.97 Å². The molecule has 0 bridgehead atoms. The van der Waals surface area contributed by atoms with Gasteiger partial charge in [0.2, 0.25) is 0 Å². The molecule has 0 fully saturated rings. The topological polar surface area (TPSA) is 51.8 Å². The number of nitrogens with two attached hydrogens (primary N) is 1. The van der Waals surface area contributed by atoms with E-state index < -0.39 is 0 Å². The Balaban J connectivity index is 3.17. The van der Waals surface area contributed by atoms with Gasteiger partial charge in [0.25, 0.3) is 0 Å². The van der Waals surface area contributed by atoms with E-state index in [0.29, 0.717) is 5.82 Å². The number of aromatic nitrogens is 2. The van der Waals surface area contributed by atoms with Crippen LogP contribution in [0.25, 0.3) is 0 Å². The van der Waals surface area contributed by atoms with E-state index in [-0.39, 0.29) is 0 Å². The number of nitrogen functional groups attached to an aromatic ring is 1. The minimum absolute atomic E-state index is 0.480. The predicted molar refractivity (Wildman–Crippen MR) is 43.9 cm³/mol. The summed E-state index contributed by atoms with van der Waals surface area (Å²) in [6, 6.07) is 0. The first-order chi connectivity index (χ1) is 4.20. The lowest BCUT2D eigenvalue weighted by Crippen LogP contribution is -1.96. The van der Waals surface area contributed by atoms with Gasteiger partial charge in [-0.15, -0.1) is 0 Å². The molecule has 0 atom stereocenters. The van der Waals surface area contributed by atoms with E-state index in [9.17, 15) is 0 Å². The Hall–Kier alpha value is -0.390. The molecule has 9 heavy (non-hydrogen) atoms. The molecule has 0 spiro atoms. The van der Waals surface area contributed by atoms with E-state index >= 15 is 0 Å². The lowest BCUT2D eigenvalue weighted by molar-refractivity contribution is 1.09. The molecule has 0 aliphatic rings. The van der Waals surface area contributed by atoms with Crippen molar-refractivity contribution >= 4 is 28.4 Å². The molecule has 1 rings (SSSR count). The molecule has 0 aliphatic heterocycles. The highest BCUT2D eigenvalue weighted by Gasteiger charge is 1.94. The molecule has 2 N–H and O–H groups in total. The van der Waals surface area contributed by atoms with Crippen molar-refractivity contribution in [1.29, 1.82) is 0 Å². The molecule has 0 radical (unpaired) electrons. The van der Waals surface area contributed by atoms with Crippen LogP contribution in [0, 0.1) is 10.6 Å². The number of rotatable bonds is 0. The summed E-state index contributed by atoms with van der Waals surface area (Å²) in [5.41, 5.74) is 6.24. The van der Waals surface area contributed by atoms with Gasteiger partial charge in [-0.2, -0.15) is 0 Å². The molecule has 48 valence electrons. The summed E-state index contributed by atoms with van der Waals surface area (Å²) in [5.74, 6) is 0.480. The molecule has 0 aliphatic carbocycles. The zero-order chi connectivity index (χ0) is 6.85. The number of nitrogens with zero attached hydrogens (tertiary/aromatic N) is 2. The van der Waals surface area contributed by atoms with E-state index in [1.807, 2.05) is 6.92 Å². The van der Waals surface area contributed by atoms with Crippen molar-refractivity contribution in [3.8, 4) is 0 Å². The number of aryl methyl sites for hydroxylation is 1. The standard InChI is InChI=1S/C5H6IN3/c1-3-5(6)8-2-4(7)9-3/h2H,1H3,(H2,7,9). The fourth-order valence-corrected chi connectivity index (χ4v) is 0.745. The van der Waals surface area contributed by atoms with Crippen molar-refractivity contribution in [1.82, 2.24) is 9.97 Å². The van der Waals surface area contributed by atoms with Gasteiger partial charge in [-0.3, -0.25) is 0 Å². The van der Waals surface area contributed by atoms with Crippen molar-refractivity contribution in [2.45, 2.75) is 6.92 Å². The Kier molecular flexibility index (Phi) is 1.84. The summed E-state index contributed by atoms with van der Waals surface area (Å²) in [7, 11) is 0. The van der Waals surface area contributed by atoms with Crippen LogP contribution in [0.4, 0.5) is 5.82 Å². The van der Waals surface area contributed by atoms with Crippen LogP contribution in [0.15, 0.2) is 6.20 Å². The Morgan fingerprint density at radius 2 is 2.33 bits per heavy atom. The van der Waals surface area contributed by atoms with Crippen molar-refractivity contribution in [3.63, 3.8) is 0 Å². The zero-order valence-corrected chi connectivity index (χ0v) is 7.08. The SMILES string of the molecule is Cc1nc(N)cnc1I. The smallest absolute Gasteiger partial charge is 0.142 e. The molecule has 4 heteroatoms. The van der Waals surface area contributed by atoms with Crippen LogP contribution >= 0.6 is 22.6 Å². The lowest BCUT2D eigenvalue weighted by atomic mass is 10.5. The van der Waals surface area contributed by atoms with Gasteiger partial charge in [-0.1, -0.05) is 0 Å². The summed E-state index contributed by atoms with van der Waals surface area (Å²) < 4.78 is 0.904. The highest BCUT2D eigenvalue weighted by Crippen LogP contribution is 2.05. The molecule has 1 heterocycles. The molecule has 0 aromatic carbocycles. The lowest BCUT2D eigenvalue weighted by Gasteiger charge is -1.94. The van der Waals surface area contributed by atoms with E-state index in [1.165, 1.54) is 0 Å². The van der Waals surface area contributed by atoms with Crippen molar-refractivity contribution in [3.05, 3.63) is 15.6 Å². The first-order valence-corrected chi connectivity index (χ1v) is 3.52. The van der Waals surface area contributed by atoms with Crippen molar-refractivity contribution < 1.29 is 0 Å². The van der Waals surface area contributed by atoms with E-state index in [1.54, 1.807) is 6.20 Å². The Labute approximate surface area is 66.8 Å². The maximum atomic E-state index is 5.35. The second-order valence-corrected chi connectivity index (χ2v) is 2.69. The van der Waals surface area contributed by atoms with E-state index in [0.717, 1.165) is 9.39 Å². The fraction of sp³-hybridized carbons (Fsp3) is 0.200. The zero-order valence-electron chi connectivity index (χ0n) is 4.93. The van der Waals surface area contributed by atoms with Gasteiger partial charge in [0, 0.05) is 0 Å². The first-order valence-electron chi connectivity index (χ1n) is 2.45. The highest BCUT2D eigenvalue weighted by molar-refractivity contribution is 14.1. The predicted octanol–water partition coefficient (Wildman–Crippen LogP) is 0.972. The number of hydrogen-bond acceptors (Lipinski definition) is 3. The van der Waals surface area contributed by atoms with Crippen LogP contribution in [0.2, 0.25) is 0 Å². The van der Waals surface area contributed by atoms with E-state index in [2.05, 4.69) is 32.6 Å². The van der Waals surface area contributed by atoms with Crippen LogP contribution < -0.4 is 5.73 Å². The second-order valence-electron chi connectivity index (χ2n) is 1.67. The molecule has 1 aromatic heterocycles. The Bertz CT molecular complexity index is 223. The Morgan fingerprint density at radius 1 is 1.67 bits per heavy atom. The summed E-state index contributed by atoms with van der Waals surface area (Å²) in [5, 5.41) is 0. The van der Waals surface area contributed by atoms with Gasteiger partial charge in [0.05, 0.1) is 11.9 Å². The van der Waals surface area contributed by atoms with Gasteiger partial charge < -0.3 is 5.73 Å². The second kappa shape index (κ2) is 2.47. The molecule has 0 unspecified atom stereocenters. The highest BCUT2D eigenvalue weighted by atomic mass is 127. The molecule has 0 saturated carbocycles. The van der Waals surface area contributed by atoms with Crippen molar-refractivity contribution in [2.75, 3.05) is 5.73 Å². The molecule has 1 aromatic rings. The number of halogens is 1. The third kappa shape index (κ3) is 1.51. The third-order valence-corrected chi connectivity index (χ3v) is 1.96. The van der Waals surface area contributed by atoms with Gasteiger partial charge in [-0.05, 0) is 29.5 Å². The minimum Gasteiger partial charge on any atom is -0.382 e. The maximum Gasteiger partial charge on any atom is 0.142 e. The van der Waals surface area contributed by atoms with Crippen LogP contribution in [0.3, 0.4) is 0 Å². The molecule has 0 saturated heterocycles. The first kappa shape index (κ1) is 6.73. The molecule has 0 amide bonds. The van der Waals surface area contributed by atoms with Crippen LogP contribution in [0.5, 0.6) is 0 Å². The Morgan fingerprint density at radius 3 is 2.78 bits per heavy atom. The average molecular weight is 235 g/mol. The summed E-state index contributed by atoms with van der Waals surface area (Å²) in [4.78, 5) is 7.96. The number of hydrogen-bond donors (Lipinski definition) is 1. The average Bonchev–Trinajstić information content (AvgIpc) is 1.80. The molecule has 3 nitrogen and oxygen atoms in total. The van der Waals surface area contributed by atoms with Gasteiger partial charge in [0.1, 0.15) is 9.52 Å². The van der Waals surface area contributed by atoms with E-state index in [4.69, 9.17) is 5.73 Å². The third-order valence-electron chi connectivity index (χ3n) is 0.906. The molecular weight excluding hydrogens is 229 g/mol. The van der Waals surface area contributed by atoms with Crippen LogP contribution in [-0.4, -0.2) is 9.97 Å². The largest absolute Gasteiger partial charge is 0.382 e. The fourth-order valence-electron chi connectivity index (χ4n) is 0.485. The van der Waals surface area contributed by atoms with Gasteiger partial charge in [0.15, 0.2) is 0 Å². The van der Waals surface area contributed by atoms with Crippen molar-refractivity contribution in [2.24, 2.45) is 0 Å². The minimum atomic E-state index is 0.480. The quantitative estimate of drug-likeness (QED) is 0.681. The monoisotopic (exact) mass is 235 g/mol.